The molecule has 21 heavy (non-hydrogen) atoms. The SMILES string of the molecule is Cn1cc(CNc2ccc(C(F)(F)F)cc2C(=O)O)cn1. The lowest BCUT2D eigenvalue weighted by molar-refractivity contribution is -0.137. The quantitative estimate of drug-likeness (QED) is 0.911. The predicted octanol–water partition coefficient (Wildman–Crippen LogP) is 2.75. The number of hydrogen-bond donors (Lipinski definition) is 2. The third-order valence-electron chi connectivity index (χ3n) is 2.82. The highest BCUT2D eigenvalue weighted by Crippen LogP contribution is 2.32. The summed E-state index contributed by atoms with van der Waals surface area (Å²) in [4.78, 5) is 11.1. The second-order valence-electron chi connectivity index (χ2n) is 4.44. The van der Waals surface area contributed by atoms with Crippen LogP contribution in [0.15, 0.2) is 30.6 Å². The fourth-order valence-corrected chi connectivity index (χ4v) is 1.81. The standard InChI is InChI=1S/C13H12F3N3O2/c1-19-7-8(6-18-19)5-17-11-3-2-9(13(14,15)16)4-10(11)12(20)21/h2-4,6-7,17H,5H2,1H3,(H,20,21). The molecule has 2 N–H and O–H groups in total. The summed E-state index contributed by atoms with van der Waals surface area (Å²) >= 11 is 0. The molecule has 0 radical (unpaired) electrons. The molecule has 1 aromatic carbocycles. The molecule has 0 fully saturated rings. The molecule has 1 heterocycles. The number of benzene rings is 1. The summed E-state index contributed by atoms with van der Waals surface area (Å²) in [6.07, 6.45) is -1.28. The number of anilines is 1. The number of carbonyl (C=O) groups is 1. The normalized spacial score (nSPS) is 11.4. The molecule has 8 heteroatoms. The number of carboxylic acid groups (broad SMARTS) is 1. The lowest BCUT2D eigenvalue weighted by Crippen LogP contribution is -2.11. The summed E-state index contributed by atoms with van der Waals surface area (Å²) in [5, 5.41) is 15.8. The lowest BCUT2D eigenvalue weighted by atomic mass is 10.1. The first-order chi connectivity index (χ1) is 9.77. The first-order valence-electron chi connectivity index (χ1n) is 5.93. The van der Waals surface area contributed by atoms with E-state index in [0.29, 0.717) is 6.07 Å². The van der Waals surface area contributed by atoms with Crippen molar-refractivity contribution in [2.75, 3.05) is 5.32 Å². The van der Waals surface area contributed by atoms with Gasteiger partial charge >= 0.3 is 12.1 Å². The van der Waals surface area contributed by atoms with Crippen LogP contribution in [0, 0.1) is 0 Å². The van der Waals surface area contributed by atoms with Crippen LogP contribution in [0.25, 0.3) is 0 Å². The highest BCUT2D eigenvalue weighted by Gasteiger charge is 2.31. The van der Waals surface area contributed by atoms with E-state index in [-0.39, 0.29) is 12.2 Å². The third-order valence-corrected chi connectivity index (χ3v) is 2.82. The Bertz CT molecular complexity index is 665. The van der Waals surface area contributed by atoms with E-state index in [1.807, 2.05) is 0 Å². The van der Waals surface area contributed by atoms with Crippen LogP contribution in [0.2, 0.25) is 0 Å². The van der Waals surface area contributed by atoms with Gasteiger partial charge in [0.15, 0.2) is 0 Å². The number of nitrogens with zero attached hydrogens (tertiary/aromatic N) is 2. The van der Waals surface area contributed by atoms with Crippen molar-refractivity contribution in [3.63, 3.8) is 0 Å². The van der Waals surface area contributed by atoms with Crippen LogP contribution in [0.4, 0.5) is 18.9 Å². The molecule has 0 unspecified atom stereocenters. The van der Waals surface area contributed by atoms with Crippen LogP contribution in [-0.4, -0.2) is 20.9 Å². The van der Waals surface area contributed by atoms with Crippen LogP contribution in [-0.2, 0) is 19.8 Å². The zero-order valence-corrected chi connectivity index (χ0v) is 11.0. The molecular weight excluding hydrogens is 287 g/mol. The topological polar surface area (TPSA) is 67.2 Å². The Kier molecular flexibility index (Phi) is 3.88. The summed E-state index contributed by atoms with van der Waals surface area (Å²) in [6.45, 7) is 0.263. The molecule has 0 saturated carbocycles. The van der Waals surface area contributed by atoms with Gasteiger partial charge in [-0.2, -0.15) is 18.3 Å². The van der Waals surface area contributed by atoms with Gasteiger partial charge in [-0.25, -0.2) is 4.79 Å². The molecule has 0 saturated heterocycles. The second-order valence-corrected chi connectivity index (χ2v) is 4.44. The van der Waals surface area contributed by atoms with Gasteiger partial charge in [-0.3, -0.25) is 4.68 Å². The van der Waals surface area contributed by atoms with E-state index in [4.69, 9.17) is 5.11 Å². The maximum atomic E-state index is 12.6. The van der Waals surface area contributed by atoms with Crippen molar-refractivity contribution in [2.24, 2.45) is 7.05 Å². The Labute approximate surface area is 118 Å². The Morgan fingerprint density at radius 3 is 2.67 bits per heavy atom. The van der Waals surface area contributed by atoms with Gasteiger partial charge in [-0.1, -0.05) is 0 Å². The van der Waals surface area contributed by atoms with Crippen molar-refractivity contribution in [3.8, 4) is 0 Å². The Hall–Kier alpha value is -2.51. The first-order valence-corrected chi connectivity index (χ1v) is 5.93. The first kappa shape index (κ1) is 14.9. The molecule has 0 spiro atoms. The van der Waals surface area contributed by atoms with Gasteiger partial charge in [-0.05, 0) is 18.2 Å². The summed E-state index contributed by atoms with van der Waals surface area (Å²) in [5.74, 6) is -1.42. The molecule has 2 aromatic rings. The minimum absolute atomic E-state index is 0.124. The Balaban J connectivity index is 2.24. The van der Waals surface area contributed by atoms with Gasteiger partial charge in [0.25, 0.3) is 0 Å². The van der Waals surface area contributed by atoms with Crippen LogP contribution in [0.3, 0.4) is 0 Å². The molecule has 2 rings (SSSR count). The lowest BCUT2D eigenvalue weighted by Gasteiger charge is -2.12. The average Bonchev–Trinajstić information content (AvgIpc) is 2.80. The zero-order valence-electron chi connectivity index (χ0n) is 11.0. The largest absolute Gasteiger partial charge is 0.478 e. The molecule has 0 aliphatic heterocycles. The van der Waals surface area contributed by atoms with Gasteiger partial charge in [0.05, 0.1) is 17.3 Å². The van der Waals surface area contributed by atoms with Gasteiger partial charge in [0, 0.05) is 31.0 Å². The molecule has 5 nitrogen and oxygen atoms in total. The molecule has 0 atom stereocenters. The molecular formula is C13H12F3N3O2. The minimum atomic E-state index is -4.58. The van der Waals surface area contributed by atoms with E-state index in [1.165, 1.54) is 0 Å². The van der Waals surface area contributed by atoms with E-state index in [0.717, 1.165) is 17.7 Å². The van der Waals surface area contributed by atoms with Gasteiger partial charge in [0.1, 0.15) is 0 Å². The Morgan fingerprint density at radius 2 is 2.14 bits per heavy atom. The smallest absolute Gasteiger partial charge is 0.416 e. The minimum Gasteiger partial charge on any atom is -0.478 e. The van der Waals surface area contributed by atoms with E-state index in [9.17, 15) is 18.0 Å². The van der Waals surface area contributed by atoms with Crippen LogP contribution >= 0.6 is 0 Å². The predicted molar refractivity (Wildman–Crippen MR) is 68.9 cm³/mol. The summed E-state index contributed by atoms with van der Waals surface area (Å²) < 4.78 is 39.3. The summed E-state index contributed by atoms with van der Waals surface area (Å²) in [6, 6.07) is 2.58. The number of nitrogens with one attached hydrogen (secondary N) is 1. The molecule has 0 aliphatic rings. The van der Waals surface area contributed by atoms with Crippen molar-refractivity contribution >= 4 is 11.7 Å². The van der Waals surface area contributed by atoms with E-state index >= 15 is 0 Å². The second kappa shape index (κ2) is 5.47. The number of halogens is 3. The molecule has 0 bridgehead atoms. The van der Waals surface area contributed by atoms with Crippen molar-refractivity contribution in [1.82, 2.24) is 9.78 Å². The number of aromatic carboxylic acids is 1. The fourth-order valence-electron chi connectivity index (χ4n) is 1.81. The molecule has 0 aliphatic carbocycles. The number of hydrogen-bond acceptors (Lipinski definition) is 3. The molecule has 1 aromatic heterocycles. The van der Waals surface area contributed by atoms with Gasteiger partial charge in [0.2, 0.25) is 0 Å². The highest BCUT2D eigenvalue weighted by atomic mass is 19.4. The monoisotopic (exact) mass is 299 g/mol. The van der Waals surface area contributed by atoms with Crippen molar-refractivity contribution in [3.05, 3.63) is 47.3 Å². The van der Waals surface area contributed by atoms with Crippen molar-refractivity contribution < 1.29 is 23.1 Å². The van der Waals surface area contributed by atoms with Gasteiger partial charge < -0.3 is 10.4 Å². The number of aryl methyl sites for hydroxylation is 1. The van der Waals surface area contributed by atoms with Crippen LogP contribution < -0.4 is 5.32 Å². The number of rotatable bonds is 4. The number of alkyl halides is 3. The van der Waals surface area contributed by atoms with Gasteiger partial charge in [-0.15, -0.1) is 0 Å². The zero-order chi connectivity index (χ0) is 15.6. The molecule has 112 valence electrons. The van der Waals surface area contributed by atoms with E-state index in [2.05, 4.69) is 10.4 Å². The maximum Gasteiger partial charge on any atom is 0.416 e. The molecule has 0 amide bonds. The van der Waals surface area contributed by atoms with E-state index < -0.39 is 23.3 Å². The third kappa shape index (κ3) is 3.53. The average molecular weight is 299 g/mol. The van der Waals surface area contributed by atoms with Crippen molar-refractivity contribution in [1.29, 1.82) is 0 Å². The van der Waals surface area contributed by atoms with Crippen LogP contribution in [0.1, 0.15) is 21.5 Å². The fraction of sp³-hybridized carbons (Fsp3) is 0.231. The van der Waals surface area contributed by atoms with E-state index in [1.54, 1.807) is 24.1 Å². The summed E-state index contributed by atoms with van der Waals surface area (Å²) in [7, 11) is 1.73. The van der Waals surface area contributed by atoms with Crippen molar-refractivity contribution in [2.45, 2.75) is 12.7 Å². The summed E-state index contributed by atoms with van der Waals surface area (Å²) in [5.41, 5.74) is -0.506. The van der Waals surface area contributed by atoms with Crippen LogP contribution in [0.5, 0.6) is 0 Å². The highest BCUT2D eigenvalue weighted by molar-refractivity contribution is 5.94. The number of carboxylic acids is 1. The maximum absolute atomic E-state index is 12.6. The Morgan fingerprint density at radius 1 is 1.43 bits per heavy atom. The number of aromatic nitrogens is 2.